The molecule has 0 aliphatic carbocycles. The predicted molar refractivity (Wildman–Crippen MR) is 82.1 cm³/mol. The summed E-state index contributed by atoms with van der Waals surface area (Å²) in [7, 11) is 0. The highest BCUT2D eigenvalue weighted by Gasteiger charge is 2.15. The van der Waals surface area contributed by atoms with Crippen LogP contribution in [0.15, 0.2) is 47.3 Å². The number of aromatic nitrogens is 2. The van der Waals surface area contributed by atoms with Crippen molar-refractivity contribution < 1.29 is 13.9 Å². The summed E-state index contributed by atoms with van der Waals surface area (Å²) in [6.45, 7) is 1.57. The summed E-state index contributed by atoms with van der Waals surface area (Å²) in [5, 5.41) is 10.7. The third-order valence-corrected chi connectivity index (χ3v) is 3.74. The number of para-hydroxylation sites is 1. The normalized spacial score (nSPS) is 12.5. The highest BCUT2D eigenvalue weighted by Crippen LogP contribution is 2.18. The molecule has 0 fully saturated rings. The van der Waals surface area contributed by atoms with E-state index in [0.717, 1.165) is 12.1 Å². The summed E-state index contributed by atoms with van der Waals surface area (Å²) < 4.78 is 27.6. The van der Waals surface area contributed by atoms with Crippen LogP contribution in [0.25, 0.3) is 10.9 Å². The first-order valence-corrected chi connectivity index (χ1v) is 7.06. The Bertz CT molecular complexity index is 938. The van der Waals surface area contributed by atoms with Gasteiger partial charge in [-0.05, 0) is 36.8 Å². The van der Waals surface area contributed by atoms with Crippen LogP contribution < -0.4 is 5.56 Å². The number of halogens is 2. The van der Waals surface area contributed by atoms with Crippen LogP contribution >= 0.6 is 0 Å². The third-order valence-electron chi connectivity index (χ3n) is 3.74. The average Bonchev–Trinajstić information content (AvgIpc) is 2.54. The van der Waals surface area contributed by atoms with Gasteiger partial charge in [0.2, 0.25) is 0 Å². The van der Waals surface area contributed by atoms with Gasteiger partial charge < -0.3 is 5.11 Å². The van der Waals surface area contributed by atoms with E-state index in [1.807, 2.05) is 0 Å². The lowest BCUT2D eigenvalue weighted by Crippen LogP contribution is -2.26. The Hall–Kier alpha value is -2.60. The molecule has 118 valence electrons. The number of aliphatic hydroxyl groups is 1. The molecule has 1 unspecified atom stereocenters. The fourth-order valence-corrected chi connectivity index (χ4v) is 2.49. The molecule has 0 aliphatic rings. The van der Waals surface area contributed by atoms with Crippen LogP contribution in [0.4, 0.5) is 8.78 Å². The summed E-state index contributed by atoms with van der Waals surface area (Å²) in [4.78, 5) is 16.8. The van der Waals surface area contributed by atoms with E-state index in [2.05, 4.69) is 4.98 Å². The first kappa shape index (κ1) is 15.3. The van der Waals surface area contributed by atoms with E-state index in [1.54, 1.807) is 31.2 Å². The van der Waals surface area contributed by atoms with Crippen molar-refractivity contribution in [1.82, 2.24) is 9.55 Å². The van der Waals surface area contributed by atoms with Gasteiger partial charge in [-0.25, -0.2) is 13.8 Å². The Kier molecular flexibility index (Phi) is 3.92. The van der Waals surface area contributed by atoms with Crippen molar-refractivity contribution in [2.24, 2.45) is 0 Å². The molecule has 0 spiro atoms. The molecule has 1 aromatic heterocycles. The van der Waals surface area contributed by atoms with E-state index in [4.69, 9.17) is 0 Å². The molecule has 0 bridgehead atoms. The molecule has 0 aliphatic heterocycles. The van der Waals surface area contributed by atoms with Gasteiger partial charge >= 0.3 is 0 Å². The standard InChI is InChI=1S/C17H14F2N2O2/c1-10-20-15-5-3-2-4-12(15)17(23)21(10)9-16(22)11-6-7-13(18)14(19)8-11/h2-8,16,22H,9H2,1H3. The molecule has 1 N–H and O–H groups in total. The monoisotopic (exact) mass is 316 g/mol. The Morgan fingerprint density at radius 3 is 2.65 bits per heavy atom. The van der Waals surface area contributed by atoms with Crippen LogP contribution in [0.2, 0.25) is 0 Å². The maximum absolute atomic E-state index is 13.3. The quantitative estimate of drug-likeness (QED) is 0.808. The number of aliphatic hydroxyl groups excluding tert-OH is 1. The second-order valence-corrected chi connectivity index (χ2v) is 5.28. The average molecular weight is 316 g/mol. The van der Waals surface area contributed by atoms with E-state index < -0.39 is 17.7 Å². The molecule has 0 saturated carbocycles. The third kappa shape index (κ3) is 2.85. The number of aryl methyl sites for hydroxylation is 1. The fraction of sp³-hybridized carbons (Fsp3) is 0.176. The SMILES string of the molecule is Cc1nc2ccccc2c(=O)n1CC(O)c1ccc(F)c(F)c1. The summed E-state index contributed by atoms with van der Waals surface area (Å²) in [6.07, 6.45) is -1.15. The molecule has 1 heterocycles. The molecular weight excluding hydrogens is 302 g/mol. The number of nitrogens with zero attached hydrogens (tertiary/aromatic N) is 2. The minimum Gasteiger partial charge on any atom is -0.387 e. The van der Waals surface area contributed by atoms with Crippen LogP contribution in [0.3, 0.4) is 0 Å². The van der Waals surface area contributed by atoms with Gasteiger partial charge in [-0.2, -0.15) is 0 Å². The van der Waals surface area contributed by atoms with Crippen LogP contribution in [0, 0.1) is 18.6 Å². The van der Waals surface area contributed by atoms with Crippen molar-refractivity contribution >= 4 is 10.9 Å². The van der Waals surface area contributed by atoms with Crippen LogP contribution in [0.1, 0.15) is 17.5 Å². The van der Waals surface area contributed by atoms with Gasteiger partial charge in [0.25, 0.3) is 5.56 Å². The molecule has 3 aromatic rings. The largest absolute Gasteiger partial charge is 0.387 e. The molecular formula is C17H14F2N2O2. The summed E-state index contributed by atoms with van der Waals surface area (Å²) in [5.41, 5.74) is 0.492. The van der Waals surface area contributed by atoms with Crippen molar-refractivity contribution in [3.63, 3.8) is 0 Å². The van der Waals surface area contributed by atoms with Gasteiger partial charge in [0.15, 0.2) is 11.6 Å². The number of rotatable bonds is 3. The zero-order chi connectivity index (χ0) is 16.6. The molecule has 1 atom stereocenters. The van der Waals surface area contributed by atoms with Gasteiger partial charge in [-0.15, -0.1) is 0 Å². The van der Waals surface area contributed by atoms with Gasteiger partial charge in [-0.1, -0.05) is 18.2 Å². The van der Waals surface area contributed by atoms with Crippen LogP contribution in [-0.4, -0.2) is 14.7 Å². The van der Waals surface area contributed by atoms with Crippen molar-refractivity contribution in [3.05, 3.63) is 75.8 Å². The molecule has 23 heavy (non-hydrogen) atoms. The van der Waals surface area contributed by atoms with E-state index in [0.29, 0.717) is 16.7 Å². The smallest absolute Gasteiger partial charge is 0.261 e. The first-order valence-electron chi connectivity index (χ1n) is 7.06. The number of fused-ring (bicyclic) bond motifs is 1. The van der Waals surface area contributed by atoms with Crippen molar-refractivity contribution in [2.45, 2.75) is 19.6 Å². The van der Waals surface area contributed by atoms with E-state index in [1.165, 1.54) is 10.6 Å². The fourth-order valence-electron chi connectivity index (χ4n) is 2.49. The molecule has 0 amide bonds. The number of hydrogen-bond donors (Lipinski definition) is 1. The maximum Gasteiger partial charge on any atom is 0.261 e. The van der Waals surface area contributed by atoms with Gasteiger partial charge in [0, 0.05) is 0 Å². The molecule has 3 rings (SSSR count). The van der Waals surface area contributed by atoms with Gasteiger partial charge in [-0.3, -0.25) is 9.36 Å². The minimum absolute atomic E-state index is 0.0897. The van der Waals surface area contributed by atoms with Gasteiger partial charge in [0.05, 0.1) is 23.6 Å². The number of hydrogen-bond acceptors (Lipinski definition) is 3. The lowest BCUT2D eigenvalue weighted by Gasteiger charge is -2.16. The topological polar surface area (TPSA) is 55.1 Å². The molecule has 0 radical (unpaired) electrons. The summed E-state index contributed by atoms with van der Waals surface area (Å²) in [6, 6.07) is 10.1. The minimum atomic E-state index is -1.15. The highest BCUT2D eigenvalue weighted by molar-refractivity contribution is 5.77. The molecule has 2 aromatic carbocycles. The Balaban J connectivity index is 2.00. The summed E-state index contributed by atoms with van der Waals surface area (Å²) in [5.74, 6) is -1.58. The maximum atomic E-state index is 13.3. The van der Waals surface area contributed by atoms with Crippen molar-refractivity contribution in [2.75, 3.05) is 0 Å². The van der Waals surface area contributed by atoms with E-state index in [9.17, 15) is 18.7 Å². The second-order valence-electron chi connectivity index (χ2n) is 5.28. The van der Waals surface area contributed by atoms with E-state index in [-0.39, 0.29) is 17.7 Å². The Morgan fingerprint density at radius 2 is 1.91 bits per heavy atom. The van der Waals surface area contributed by atoms with Crippen molar-refractivity contribution in [1.29, 1.82) is 0 Å². The van der Waals surface area contributed by atoms with E-state index >= 15 is 0 Å². The zero-order valence-electron chi connectivity index (χ0n) is 12.3. The lowest BCUT2D eigenvalue weighted by atomic mass is 10.1. The zero-order valence-corrected chi connectivity index (χ0v) is 12.3. The number of benzene rings is 2. The van der Waals surface area contributed by atoms with Crippen molar-refractivity contribution in [3.8, 4) is 0 Å². The molecule has 6 heteroatoms. The van der Waals surface area contributed by atoms with Crippen LogP contribution in [0.5, 0.6) is 0 Å². The summed E-state index contributed by atoms with van der Waals surface area (Å²) >= 11 is 0. The predicted octanol–water partition coefficient (Wildman–Crippen LogP) is 2.72. The molecule has 0 saturated heterocycles. The Morgan fingerprint density at radius 1 is 1.17 bits per heavy atom. The highest BCUT2D eigenvalue weighted by atomic mass is 19.2. The lowest BCUT2D eigenvalue weighted by molar-refractivity contribution is 0.153. The first-order chi connectivity index (χ1) is 11.0. The Labute approximate surface area is 130 Å². The molecule has 4 nitrogen and oxygen atoms in total. The second kappa shape index (κ2) is 5.89. The van der Waals surface area contributed by atoms with Gasteiger partial charge in [0.1, 0.15) is 5.82 Å². The van der Waals surface area contributed by atoms with Crippen LogP contribution in [-0.2, 0) is 6.54 Å².